The molecule has 0 spiro atoms. The molecule has 3 rings (SSSR count). The number of halogens is 2. The fraction of sp³-hybridized carbons (Fsp3) is 0.594. The molecule has 0 aliphatic carbocycles. The quantitative estimate of drug-likeness (QED) is 0.132. The molecule has 206 valence electrons. The van der Waals surface area contributed by atoms with Crippen molar-refractivity contribution in [3.63, 3.8) is 0 Å². The Bertz CT molecular complexity index is 975. The van der Waals surface area contributed by atoms with Crippen LogP contribution >= 0.6 is 0 Å². The largest absolute Gasteiger partial charge is 1.00 e. The average molecular weight is 624 g/mol. The summed E-state index contributed by atoms with van der Waals surface area (Å²) < 4.78 is 29.0. The van der Waals surface area contributed by atoms with E-state index in [-0.39, 0.29) is 29.8 Å². The molecular formula is C32H47FINO2. The van der Waals surface area contributed by atoms with Gasteiger partial charge in [-0.3, -0.25) is 0 Å². The number of unbranched alkanes of at least 4 members (excludes halogenated alkanes) is 9. The lowest BCUT2D eigenvalue weighted by Crippen LogP contribution is -3.00. The number of benzene rings is 2. The van der Waals surface area contributed by atoms with Gasteiger partial charge in [0.15, 0.2) is 23.8 Å². The SMILES string of the molecule is CCCCCCCCOc1c(OC)ccc2c1CC[N+](Cc1ccccc1F)=C2CCCCCCC.[I-]. The normalized spacial score (nSPS) is 12.8. The van der Waals surface area contributed by atoms with Crippen LogP contribution in [0.2, 0.25) is 0 Å². The van der Waals surface area contributed by atoms with Crippen molar-refractivity contribution in [2.75, 3.05) is 20.3 Å². The summed E-state index contributed by atoms with van der Waals surface area (Å²) in [5.41, 5.74) is 4.60. The third kappa shape index (κ3) is 9.56. The maximum absolute atomic E-state index is 14.5. The first kappa shape index (κ1) is 31.6. The van der Waals surface area contributed by atoms with Gasteiger partial charge in [0, 0.05) is 24.0 Å². The molecule has 0 fully saturated rings. The second-order valence-corrected chi connectivity index (χ2v) is 10.1. The van der Waals surface area contributed by atoms with Crippen LogP contribution in [-0.2, 0) is 13.0 Å². The molecule has 0 unspecified atom stereocenters. The van der Waals surface area contributed by atoms with Crippen molar-refractivity contribution in [3.05, 3.63) is 58.9 Å². The molecule has 0 saturated heterocycles. The van der Waals surface area contributed by atoms with Crippen molar-refractivity contribution in [1.82, 2.24) is 0 Å². The monoisotopic (exact) mass is 623 g/mol. The van der Waals surface area contributed by atoms with E-state index in [4.69, 9.17) is 9.47 Å². The summed E-state index contributed by atoms with van der Waals surface area (Å²) in [6.07, 6.45) is 15.6. The van der Waals surface area contributed by atoms with Gasteiger partial charge in [-0.15, -0.1) is 0 Å². The third-order valence-corrected chi connectivity index (χ3v) is 7.35. The lowest BCUT2D eigenvalue weighted by Gasteiger charge is -2.23. The first-order chi connectivity index (χ1) is 17.7. The minimum Gasteiger partial charge on any atom is -1.00 e. The van der Waals surface area contributed by atoms with Crippen molar-refractivity contribution in [3.8, 4) is 11.5 Å². The Morgan fingerprint density at radius 2 is 1.51 bits per heavy atom. The van der Waals surface area contributed by atoms with E-state index in [0.717, 1.165) is 55.9 Å². The summed E-state index contributed by atoms with van der Waals surface area (Å²) in [5.74, 6) is 1.62. The molecule has 3 nitrogen and oxygen atoms in total. The molecule has 0 bridgehead atoms. The first-order valence-electron chi connectivity index (χ1n) is 14.4. The fourth-order valence-corrected chi connectivity index (χ4v) is 5.25. The fourth-order valence-electron chi connectivity index (χ4n) is 5.25. The van der Waals surface area contributed by atoms with Gasteiger partial charge in [0.1, 0.15) is 12.4 Å². The van der Waals surface area contributed by atoms with Gasteiger partial charge in [-0.05, 0) is 37.1 Å². The van der Waals surface area contributed by atoms with E-state index in [2.05, 4.69) is 30.6 Å². The topological polar surface area (TPSA) is 21.5 Å². The molecule has 37 heavy (non-hydrogen) atoms. The van der Waals surface area contributed by atoms with E-state index < -0.39 is 0 Å². The highest BCUT2D eigenvalue weighted by molar-refractivity contribution is 5.99. The van der Waals surface area contributed by atoms with E-state index in [1.54, 1.807) is 19.2 Å². The average Bonchev–Trinajstić information content (AvgIpc) is 2.90. The molecule has 2 aromatic carbocycles. The van der Waals surface area contributed by atoms with Crippen LogP contribution in [0, 0.1) is 5.82 Å². The van der Waals surface area contributed by atoms with Gasteiger partial charge in [-0.2, -0.15) is 0 Å². The Hall–Kier alpha value is -1.63. The highest BCUT2D eigenvalue weighted by atomic mass is 127. The zero-order valence-electron chi connectivity index (χ0n) is 23.3. The summed E-state index contributed by atoms with van der Waals surface area (Å²) in [6.45, 7) is 6.71. The van der Waals surface area contributed by atoms with E-state index in [1.807, 2.05) is 12.1 Å². The molecule has 1 heterocycles. The number of methoxy groups -OCH3 is 1. The lowest BCUT2D eigenvalue weighted by atomic mass is 9.92. The van der Waals surface area contributed by atoms with Crippen LogP contribution in [0.25, 0.3) is 0 Å². The summed E-state index contributed by atoms with van der Waals surface area (Å²) in [4.78, 5) is 0. The second kappa shape index (κ2) is 17.8. The highest BCUT2D eigenvalue weighted by Crippen LogP contribution is 2.37. The maximum Gasteiger partial charge on any atom is 0.184 e. The van der Waals surface area contributed by atoms with Crippen LogP contribution in [0.15, 0.2) is 36.4 Å². The van der Waals surface area contributed by atoms with E-state index >= 15 is 0 Å². The van der Waals surface area contributed by atoms with Gasteiger partial charge in [0.2, 0.25) is 0 Å². The van der Waals surface area contributed by atoms with Gasteiger partial charge in [-0.25, -0.2) is 8.97 Å². The van der Waals surface area contributed by atoms with Gasteiger partial charge >= 0.3 is 0 Å². The second-order valence-electron chi connectivity index (χ2n) is 10.1. The predicted octanol–water partition coefficient (Wildman–Crippen LogP) is 5.50. The van der Waals surface area contributed by atoms with E-state index in [1.165, 1.54) is 74.6 Å². The summed E-state index contributed by atoms with van der Waals surface area (Å²) >= 11 is 0. The molecule has 2 aromatic rings. The Balaban J connectivity index is 0.00000481. The predicted molar refractivity (Wildman–Crippen MR) is 148 cm³/mol. The van der Waals surface area contributed by atoms with Gasteiger partial charge < -0.3 is 33.5 Å². The van der Waals surface area contributed by atoms with Crippen LogP contribution in [0.5, 0.6) is 11.5 Å². The van der Waals surface area contributed by atoms with Crippen molar-refractivity contribution in [1.29, 1.82) is 0 Å². The highest BCUT2D eigenvalue weighted by Gasteiger charge is 2.30. The van der Waals surface area contributed by atoms with E-state index in [0.29, 0.717) is 6.54 Å². The number of ether oxygens (including phenoxy) is 2. The molecule has 0 aromatic heterocycles. The zero-order valence-corrected chi connectivity index (χ0v) is 25.5. The zero-order chi connectivity index (χ0) is 25.6. The maximum atomic E-state index is 14.5. The molecule has 0 radical (unpaired) electrons. The summed E-state index contributed by atoms with van der Waals surface area (Å²) in [7, 11) is 1.73. The molecule has 1 aliphatic heterocycles. The first-order valence-corrected chi connectivity index (χ1v) is 14.4. The molecule has 1 aliphatic rings. The molecule has 5 heteroatoms. The molecule has 0 amide bonds. The standard InChI is InChI=1S/C32H47FNO2.HI/c1-4-6-8-10-12-16-24-36-32-28-22-23-34(25-26-17-14-15-18-29(26)33)30(19-13-11-9-7-5-2)27(28)20-21-31(32)35-3;/h14-15,17-18,20-21H,4-13,16,19,22-25H2,1-3H3;1H/q+1;/p-1. The van der Waals surface area contributed by atoms with Crippen LogP contribution in [0.3, 0.4) is 0 Å². The summed E-state index contributed by atoms with van der Waals surface area (Å²) in [6, 6.07) is 11.4. The van der Waals surface area contributed by atoms with Crippen molar-refractivity contribution < 1.29 is 42.4 Å². The molecule has 0 saturated carbocycles. The van der Waals surface area contributed by atoms with Gasteiger partial charge in [0.25, 0.3) is 0 Å². The minimum absolute atomic E-state index is 0. The van der Waals surface area contributed by atoms with E-state index in [9.17, 15) is 4.39 Å². The Kier molecular flexibility index (Phi) is 15.2. The minimum atomic E-state index is -0.122. The number of hydrogen-bond donors (Lipinski definition) is 0. The number of rotatable bonds is 17. The number of nitrogens with zero attached hydrogens (tertiary/aromatic N) is 1. The number of fused-ring (bicyclic) bond motifs is 1. The summed E-state index contributed by atoms with van der Waals surface area (Å²) in [5, 5.41) is 0. The van der Waals surface area contributed by atoms with Crippen LogP contribution < -0.4 is 33.5 Å². The Morgan fingerprint density at radius 1 is 0.838 bits per heavy atom. The third-order valence-electron chi connectivity index (χ3n) is 7.35. The van der Waals surface area contributed by atoms with Crippen LogP contribution in [-0.4, -0.2) is 30.5 Å². The van der Waals surface area contributed by atoms with Crippen LogP contribution in [0.1, 0.15) is 108 Å². The number of hydrogen-bond acceptors (Lipinski definition) is 2. The molecule has 0 atom stereocenters. The molecule has 0 N–H and O–H groups in total. The van der Waals surface area contributed by atoms with Crippen molar-refractivity contribution >= 4 is 5.71 Å². The lowest BCUT2D eigenvalue weighted by molar-refractivity contribution is -0.546. The molecular weight excluding hydrogens is 576 g/mol. The Morgan fingerprint density at radius 3 is 2.22 bits per heavy atom. The van der Waals surface area contributed by atoms with Crippen molar-refractivity contribution in [2.45, 2.75) is 104 Å². The van der Waals surface area contributed by atoms with Crippen LogP contribution in [0.4, 0.5) is 4.39 Å². The van der Waals surface area contributed by atoms with Gasteiger partial charge in [0.05, 0.1) is 19.3 Å². The van der Waals surface area contributed by atoms with Gasteiger partial charge in [-0.1, -0.05) is 83.8 Å². The van der Waals surface area contributed by atoms with Crippen molar-refractivity contribution in [2.24, 2.45) is 0 Å². The Labute approximate surface area is 241 Å². The smallest absolute Gasteiger partial charge is 0.184 e.